The summed E-state index contributed by atoms with van der Waals surface area (Å²) in [5.74, 6) is -0.246. The SMILES string of the molecule is NC(=O)Oc1ccc(CO)cc1[N+](=O)[O-]. The molecule has 0 bridgehead atoms. The van der Waals surface area contributed by atoms with Gasteiger partial charge in [0, 0.05) is 6.07 Å². The van der Waals surface area contributed by atoms with Crippen molar-refractivity contribution in [3.63, 3.8) is 0 Å². The van der Waals surface area contributed by atoms with E-state index in [1.54, 1.807) is 0 Å². The van der Waals surface area contributed by atoms with Gasteiger partial charge in [-0.2, -0.15) is 0 Å². The van der Waals surface area contributed by atoms with Crippen LogP contribution >= 0.6 is 0 Å². The van der Waals surface area contributed by atoms with Crippen LogP contribution in [0, 0.1) is 10.1 Å². The first-order valence-electron chi connectivity index (χ1n) is 3.90. The van der Waals surface area contributed by atoms with Gasteiger partial charge in [0.25, 0.3) is 0 Å². The molecule has 1 rings (SSSR count). The molecular formula is C8H8N2O5. The molecular weight excluding hydrogens is 204 g/mol. The van der Waals surface area contributed by atoms with Gasteiger partial charge >= 0.3 is 11.8 Å². The lowest BCUT2D eigenvalue weighted by Gasteiger charge is -2.03. The van der Waals surface area contributed by atoms with Gasteiger partial charge in [0.1, 0.15) is 0 Å². The Bertz CT molecular complexity index is 404. The van der Waals surface area contributed by atoms with E-state index in [9.17, 15) is 14.9 Å². The molecule has 7 heteroatoms. The van der Waals surface area contributed by atoms with Crippen LogP contribution in [0.4, 0.5) is 10.5 Å². The lowest BCUT2D eigenvalue weighted by Crippen LogP contribution is -2.17. The predicted octanol–water partition coefficient (Wildman–Crippen LogP) is 0.545. The number of nitrogens with two attached hydrogens (primary N) is 1. The van der Waals surface area contributed by atoms with Crippen molar-refractivity contribution in [3.05, 3.63) is 33.9 Å². The van der Waals surface area contributed by atoms with Gasteiger partial charge < -0.3 is 15.6 Å². The number of carbonyl (C=O) groups excluding carboxylic acids is 1. The van der Waals surface area contributed by atoms with E-state index in [4.69, 9.17) is 10.8 Å². The molecule has 0 aliphatic heterocycles. The second kappa shape index (κ2) is 4.38. The minimum Gasteiger partial charge on any atom is -0.403 e. The number of carbonyl (C=O) groups is 1. The number of primary amides is 1. The van der Waals surface area contributed by atoms with E-state index in [1.165, 1.54) is 12.1 Å². The summed E-state index contributed by atoms with van der Waals surface area (Å²) in [7, 11) is 0. The lowest BCUT2D eigenvalue weighted by atomic mass is 10.2. The minimum absolute atomic E-state index is 0.246. The number of nitrogens with zero attached hydrogens (tertiary/aromatic N) is 1. The van der Waals surface area contributed by atoms with Gasteiger partial charge in [-0.05, 0) is 11.6 Å². The van der Waals surface area contributed by atoms with Crippen molar-refractivity contribution in [1.82, 2.24) is 0 Å². The zero-order valence-electron chi connectivity index (χ0n) is 7.54. The molecule has 1 aromatic rings. The number of amides is 1. The van der Waals surface area contributed by atoms with E-state index >= 15 is 0 Å². The number of aliphatic hydroxyl groups excluding tert-OH is 1. The molecule has 80 valence electrons. The van der Waals surface area contributed by atoms with Crippen LogP contribution in [0.2, 0.25) is 0 Å². The smallest absolute Gasteiger partial charge is 0.403 e. The largest absolute Gasteiger partial charge is 0.410 e. The lowest BCUT2D eigenvalue weighted by molar-refractivity contribution is -0.385. The second-order valence-corrected chi connectivity index (χ2v) is 2.64. The molecule has 0 saturated heterocycles. The molecule has 0 heterocycles. The Labute approximate surface area is 84.2 Å². The first kappa shape index (κ1) is 10.9. The van der Waals surface area contributed by atoms with Crippen molar-refractivity contribution in [2.75, 3.05) is 0 Å². The molecule has 0 fully saturated rings. The summed E-state index contributed by atoms with van der Waals surface area (Å²) in [6.45, 7) is -0.336. The third kappa shape index (κ3) is 2.64. The Balaban J connectivity index is 3.15. The monoisotopic (exact) mass is 212 g/mol. The molecule has 1 amide bonds. The van der Waals surface area contributed by atoms with Gasteiger partial charge in [-0.3, -0.25) is 10.1 Å². The molecule has 3 N–H and O–H groups in total. The third-order valence-electron chi connectivity index (χ3n) is 1.61. The summed E-state index contributed by atoms with van der Waals surface area (Å²) in [6.07, 6.45) is -1.13. The highest BCUT2D eigenvalue weighted by molar-refractivity contribution is 5.70. The molecule has 0 atom stereocenters. The van der Waals surface area contributed by atoms with Crippen LogP contribution in [0.25, 0.3) is 0 Å². The summed E-state index contributed by atoms with van der Waals surface area (Å²) < 4.78 is 4.42. The van der Waals surface area contributed by atoms with Crippen LogP contribution in [0.5, 0.6) is 5.75 Å². The number of ether oxygens (including phenoxy) is 1. The highest BCUT2D eigenvalue weighted by Gasteiger charge is 2.17. The summed E-state index contributed by atoms with van der Waals surface area (Å²) >= 11 is 0. The van der Waals surface area contributed by atoms with Crippen molar-refractivity contribution < 1.29 is 19.6 Å². The maximum atomic E-state index is 10.6. The Hall–Kier alpha value is -2.15. The molecule has 0 aliphatic rings. The van der Waals surface area contributed by atoms with Crippen LogP contribution in [0.15, 0.2) is 18.2 Å². The van der Waals surface area contributed by atoms with Crippen molar-refractivity contribution in [2.45, 2.75) is 6.61 Å². The van der Waals surface area contributed by atoms with Crippen molar-refractivity contribution in [1.29, 1.82) is 0 Å². The van der Waals surface area contributed by atoms with Gasteiger partial charge in [0.2, 0.25) is 5.75 Å². The van der Waals surface area contributed by atoms with Gasteiger partial charge in [0.05, 0.1) is 11.5 Å². The molecule has 0 saturated carbocycles. The Morgan fingerprint density at radius 3 is 2.73 bits per heavy atom. The molecule has 0 unspecified atom stereocenters. The van der Waals surface area contributed by atoms with Crippen molar-refractivity contribution in [3.8, 4) is 5.75 Å². The number of rotatable bonds is 3. The molecule has 0 aliphatic carbocycles. The Morgan fingerprint density at radius 1 is 1.60 bits per heavy atom. The van der Waals surface area contributed by atoms with E-state index in [2.05, 4.69) is 4.74 Å². The molecule has 0 radical (unpaired) electrons. The highest BCUT2D eigenvalue weighted by atomic mass is 16.6. The zero-order chi connectivity index (χ0) is 11.4. The zero-order valence-corrected chi connectivity index (χ0v) is 7.54. The number of hydrogen-bond donors (Lipinski definition) is 2. The average Bonchev–Trinajstić information content (AvgIpc) is 2.17. The van der Waals surface area contributed by atoms with Gasteiger partial charge in [-0.1, -0.05) is 6.07 Å². The number of nitro benzene ring substituents is 1. The van der Waals surface area contributed by atoms with E-state index < -0.39 is 16.7 Å². The van der Waals surface area contributed by atoms with Crippen LogP contribution < -0.4 is 10.5 Å². The summed E-state index contributed by atoms with van der Waals surface area (Å²) in [5, 5.41) is 19.3. The van der Waals surface area contributed by atoms with Gasteiger partial charge in [-0.25, -0.2) is 4.79 Å². The maximum absolute atomic E-state index is 10.6. The van der Waals surface area contributed by atoms with Crippen LogP contribution in [-0.4, -0.2) is 16.1 Å². The quantitative estimate of drug-likeness (QED) is 0.560. The van der Waals surface area contributed by atoms with Crippen LogP contribution in [0.1, 0.15) is 5.56 Å². The first-order chi connectivity index (χ1) is 7.04. The fraction of sp³-hybridized carbons (Fsp3) is 0.125. The standard InChI is InChI=1S/C8H8N2O5/c9-8(12)15-7-2-1-5(4-11)3-6(7)10(13)14/h1-3,11H,4H2,(H2,9,12). The average molecular weight is 212 g/mol. The molecule has 0 spiro atoms. The van der Waals surface area contributed by atoms with E-state index in [1.807, 2.05) is 0 Å². The topological polar surface area (TPSA) is 116 Å². The summed E-state index contributed by atoms with van der Waals surface area (Å²) in [4.78, 5) is 20.3. The van der Waals surface area contributed by atoms with Crippen molar-refractivity contribution in [2.24, 2.45) is 5.73 Å². The molecule has 15 heavy (non-hydrogen) atoms. The van der Waals surface area contributed by atoms with Crippen molar-refractivity contribution >= 4 is 11.8 Å². The van der Waals surface area contributed by atoms with Crippen LogP contribution in [0.3, 0.4) is 0 Å². The summed E-state index contributed by atoms with van der Waals surface area (Å²) in [5.41, 5.74) is 4.66. The number of benzene rings is 1. The van der Waals surface area contributed by atoms with Gasteiger partial charge in [0.15, 0.2) is 0 Å². The van der Waals surface area contributed by atoms with Gasteiger partial charge in [-0.15, -0.1) is 0 Å². The van der Waals surface area contributed by atoms with Crippen LogP contribution in [-0.2, 0) is 6.61 Å². The molecule has 1 aromatic carbocycles. The molecule has 7 nitrogen and oxygen atoms in total. The number of nitro groups is 1. The maximum Gasteiger partial charge on any atom is 0.410 e. The molecule has 0 aromatic heterocycles. The first-order valence-corrected chi connectivity index (χ1v) is 3.90. The van der Waals surface area contributed by atoms with E-state index in [-0.39, 0.29) is 12.4 Å². The highest BCUT2D eigenvalue weighted by Crippen LogP contribution is 2.27. The normalized spacial score (nSPS) is 9.67. The minimum atomic E-state index is -1.13. The number of aliphatic hydroxyl groups is 1. The third-order valence-corrected chi connectivity index (χ3v) is 1.61. The fourth-order valence-electron chi connectivity index (χ4n) is 0.999. The fourth-order valence-corrected chi connectivity index (χ4v) is 0.999. The predicted molar refractivity (Wildman–Crippen MR) is 49.2 cm³/mol. The Morgan fingerprint density at radius 2 is 2.27 bits per heavy atom. The second-order valence-electron chi connectivity index (χ2n) is 2.64. The number of hydrogen-bond acceptors (Lipinski definition) is 5. The van der Waals surface area contributed by atoms with E-state index in [0.29, 0.717) is 5.56 Å². The Kier molecular flexibility index (Phi) is 3.19. The van der Waals surface area contributed by atoms with E-state index in [0.717, 1.165) is 6.07 Å². The summed E-state index contributed by atoms with van der Waals surface area (Å²) in [6, 6.07) is 3.71.